The fourth-order valence-corrected chi connectivity index (χ4v) is 6.27. The van der Waals surface area contributed by atoms with Crippen molar-refractivity contribution in [2.24, 2.45) is 10.3 Å². The normalized spacial score (nSPS) is 13.7. The van der Waals surface area contributed by atoms with Gasteiger partial charge in [0, 0.05) is 26.5 Å². The summed E-state index contributed by atoms with van der Waals surface area (Å²) in [6.07, 6.45) is 1.87. The Labute approximate surface area is 197 Å². The molecule has 0 amide bonds. The molecule has 4 nitrogen and oxygen atoms in total. The second kappa shape index (κ2) is 7.40. The lowest BCUT2D eigenvalue weighted by Crippen LogP contribution is -2.10. The van der Waals surface area contributed by atoms with Gasteiger partial charge in [-0.15, -0.1) is 27.4 Å². The minimum atomic E-state index is 0.660. The molecule has 0 saturated carbocycles. The maximum atomic E-state index is 4.68. The smallest absolute Gasteiger partial charge is 0.241 e. The SMILES string of the molecule is c1cc(-c2nccc3ccccc23)cc([N+]2=NN=C(c3cc4cc5sccc5cc4s3)C2)c1. The van der Waals surface area contributed by atoms with Crippen molar-refractivity contribution >= 4 is 65.0 Å². The van der Waals surface area contributed by atoms with Crippen LogP contribution in [0, 0.1) is 0 Å². The molecule has 0 aliphatic carbocycles. The first-order valence-corrected chi connectivity index (χ1v) is 12.4. The van der Waals surface area contributed by atoms with Gasteiger partial charge in [0.2, 0.25) is 5.71 Å². The van der Waals surface area contributed by atoms with Crippen molar-refractivity contribution in [2.75, 3.05) is 6.54 Å². The summed E-state index contributed by atoms with van der Waals surface area (Å²) in [4.78, 5) is 5.86. The summed E-state index contributed by atoms with van der Waals surface area (Å²) in [7, 11) is 0. The fourth-order valence-electron chi connectivity index (χ4n) is 4.38. The standard InChI is InChI=1S/C27H17N4S2/c1-2-7-22-17(4-1)8-10-28-27(22)19-5-3-6-21(12-19)31-16-23(29-30-31)26-15-20-14-24-18(9-11-32-24)13-25(20)33-26/h1-15H,16H2/q+1. The third-order valence-electron chi connectivity index (χ3n) is 6.04. The predicted molar refractivity (Wildman–Crippen MR) is 138 cm³/mol. The Morgan fingerprint density at radius 3 is 2.73 bits per heavy atom. The highest BCUT2D eigenvalue weighted by Gasteiger charge is 2.26. The second-order valence-electron chi connectivity index (χ2n) is 8.08. The molecule has 0 bridgehead atoms. The molecule has 0 spiro atoms. The van der Waals surface area contributed by atoms with Gasteiger partial charge in [-0.05, 0) is 64.0 Å². The lowest BCUT2D eigenvalue weighted by atomic mass is 10.0. The molecule has 3 aromatic carbocycles. The molecule has 33 heavy (non-hydrogen) atoms. The van der Waals surface area contributed by atoms with Crippen molar-refractivity contribution in [3.63, 3.8) is 0 Å². The highest BCUT2D eigenvalue weighted by molar-refractivity contribution is 7.21. The summed E-state index contributed by atoms with van der Waals surface area (Å²) < 4.78 is 4.58. The van der Waals surface area contributed by atoms with Crippen molar-refractivity contribution in [1.29, 1.82) is 0 Å². The summed E-state index contributed by atoms with van der Waals surface area (Å²) in [5, 5.41) is 16.1. The van der Waals surface area contributed by atoms with Gasteiger partial charge in [-0.2, -0.15) is 0 Å². The Hall–Kier alpha value is -3.74. The van der Waals surface area contributed by atoms with E-state index in [9.17, 15) is 0 Å². The lowest BCUT2D eigenvalue weighted by molar-refractivity contribution is -0.492. The van der Waals surface area contributed by atoms with Gasteiger partial charge >= 0.3 is 0 Å². The topological polar surface area (TPSA) is 40.6 Å². The first-order chi connectivity index (χ1) is 16.3. The third kappa shape index (κ3) is 3.18. The van der Waals surface area contributed by atoms with E-state index in [-0.39, 0.29) is 0 Å². The Kier molecular flexibility index (Phi) is 4.22. The number of pyridine rings is 1. The van der Waals surface area contributed by atoms with Crippen LogP contribution in [0.5, 0.6) is 0 Å². The van der Waals surface area contributed by atoms with Gasteiger partial charge in [0.25, 0.3) is 0 Å². The highest BCUT2D eigenvalue weighted by atomic mass is 32.1. The molecule has 0 N–H and O–H groups in total. The molecule has 0 unspecified atom stereocenters. The van der Waals surface area contributed by atoms with Crippen LogP contribution in [-0.4, -0.2) is 21.9 Å². The molecule has 1 aliphatic heterocycles. The Morgan fingerprint density at radius 1 is 0.788 bits per heavy atom. The van der Waals surface area contributed by atoms with E-state index in [2.05, 4.69) is 93.5 Å². The summed E-state index contributed by atoms with van der Waals surface area (Å²) in [5.41, 5.74) is 4.09. The van der Waals surface area contributed by atoms with Crippen LogP contribution in [0.2, 0.25) is 0 Å². The molecule has 0 atom stereocenters. The average Bonchev–Trinajstić information content (AvgIpc) is 3.61. The van der Waals surface area contributed by atoms with Crippen LogP contribution >= 0.6 is 22.7 Å². The molecular weight excluding hydrogens is 444 g/mol. The van der Waals surface area contributed by atoms with Gasteiger partial charge in [-0.1, -0.05) is 36.4 Å². The van der Waals surface area contributed by atoms with Crippen molar-refractivity contribution < 1.29 is 4.70 Å². The van der Waals surface area contributed by atoms with E-state index in [1.807, 2.05) is 17.0 Å². The Morgan fingerprint density at radius 2 is 1.73 bits per heavy atom. The van der Waals surface area contributed by atoms with E-state index < -0.39 is 0 Å². The van der Waals surface area contributed by atoms with Crippen LogP contribution in [0.15, 0.2) is 101 Å². The lowest BCUT2D eigenvalue weighted by Gasteiger charge is -2.06. The zero-order valence-electron chi connectivity index (χ0n) is 17.5. The minimum absolute atomic E-state index is 0.660. The predicted octanol–water partition coefficient (Wildman–Crippen LogP) is 7.85. The van der Waals surface area contributed by atoms with Crippen LogP contribution in [0.25, 0.3) is 42.2 Å². The van der Waals surface area contributed by atoms with E-state index >= 15 is 0 Å². The molecule has 0 fully saturated rings. The zero-order valence-corrected chi connectivity index (χ0v) is 19.1. The molecule has 0 saturated heterocycles. The summed E-state index contributed by atoms with van der Waals surface area (Å²) in [6, 6.07) is 27.8. The Bertz CT molecular complexity index is 1700. The number of aromatic nitrogens is 1. The summed E-state index contributed by atoms with van der Waals surface area (Å²) >= 11 is 3.57. The minimum Gasteiger partial charge on any atom is -0.256 e. The van der Waals surface area contributed by atoms with Gasteiger partial charge in [0.15, 0.2) is 12.2 Å². The summed E-state index contributed by atoms with van der Waals surface area (Å²) in [5.74, 6) is 0. The molecule has 1 aliphatic rings. The van der Waals surface area contributed by atoms with E-state index in [4.69, 9.17) is 0 Å². The van der Waals surface area contributed by atoms with Gasteiger partial charge in [-0.25, -0.2) is 0 Å². The Balaban J connectivity index is 1.20. The van der Waals surface area contributed by atoms with E-state index in [1.54, 1.807) is 22.7 Å². The summed E-state index contributed by atoms with van der Waals surface area (Å²) in [6.45, 7) is 0.660. The maximum Gasteiger partial charge on any atom is 0.241 e. The van der Waals surface area contributed by atoms with Crippen LogP contribution in [0.4, 0.5) is 5.69 Å². The number of hydrogen-bond donors (Lipinski definition) is 0. The third-order valence-corrected chi connectivity index (χ3v) is 8.07. The second-order valence-corrected chi connectivity index (χ2v) is 10.1. The van der Waals surface area contributed by atoms with Crippen molar-refractivity contribution in [2.45, 2.75) is 0 Å². The molecule has 156 valence electrons. The van der Waals surface area contributed by atoms with Crippen LogP contribution < -0.4 is 0 Å². The number of thiophene rings is 2. The highest BCUT2D eigenvalue weighted by Crippen LogP contribution is 2.34. The van der Waals surface area contributed by atoms with E-state index in [0.29, 0.717) is 6.54 Å². The van der Waals surface area contributed by atoms with Gasteiger partial charge in [0.1, 0.15) is 5.22 Å². The van der Waals surface area contributed by atoms with Crippen molar-refractivity contribution in [1.82, 2.24) is 4.98 Å². The quantitative estimate of drug-likeness (QED) is 0.247. The molecule has 6 heteroatoms. The molecular formula is C27H17N4S2+. The van der Waals surface area contributed by atoms with Crippen LogP contribution in [0.3, 0.4) is 0 Å². The number of nitrogens with zero attached hydrogens (tertiary/aromatic N) is 4. The number of rotatable bonds is 3. The average molecular weight is 462 g/mol. The van der Waals surface area contributed by atoms with Gasteiger partial charge < -0.3 is 0 Å². The van der Waals surface area contributed by atoms with Crippen LogP contribution in [-0.2, 0) is 0 Å². The fraction of sp³-hybridized carbons (Fsp3) is 0.0370. The number of fused-ring (bicyclic) bond motifs is 3. The first kappa shape index (κ1) is 18.8. The van der Waals surface area contributed by atoms with Gasteiger partial charge in [0.05, 0.1) is 15.7 Å². The number of benzene rings is 3. The largest absolute Gasteiger partial charge is 0.256 e. The molecule has 7 rings (SSSR count). The van der Waals surface area contributed by atoms with Crippen molar-refractivity contribution in [3.8, 4) is 11.3 Å². The first-order valence-electron chi connectivity index (χ1n) is 10.7. The number of hydrogen-bond acceptors (Lipinski definition) is 5. The van der Waals surface area contributed by atoms with E-state index in [1.165, 1.54) is 30.4 Å². The monoisotopic (exact) mass is 461 g/mol. The molecule has 6 aromatic rings. The van der Waals surface area contributed by atoms with Crippen molar-refractivity contribution in [3.05, 3.63) is 95.3 Å². The van der Waals surface area contributed by atoms with Crippen LogP contribution in [0.1, 0.15) is 4.88 Å². The van der Waals surface area contributed by atoms with Gasteiger partial charge in [-0.3, -0.25) is 4.98 Å². The zero-order chi connectivity index (χ0) is 21.8. The molecule has 0 radical (unpaired) electrons. The van der Waals surface area contributed by atoms with E-state index in [0.717, 1.165) is 28.0 Å². The maximum absolute atomic E-state index is 4.68. The molecule has 4 heterocycles. The molecule has 3 aromatic heterocycles.